The van der Waals surface area contributed by atoms with Gasteiger partial charge in [0.25, 0.3) is 0 Å². The smallest absolute Gasteiger partial charge is 0.343 e. The molecule has 2 aromatic carbocycles. The Morgan fingerprint density at radius 1 is 1.14 bits per heavy atom. The lowest BCUT2D eigenvalue weighted by Gasteiger charge is -2.14. The van der Waals surface area contributed by atoms with E-state index < -0.39 is 5.97 Å². The first-order chi connectivity index (χ1) is 14.1. The lowest BCUT2D eigenvalue weighted by Crippen LogP contribution is -2.11. The number of aryl methyl sites for hydroxylation is 1. The molecule has 4 rings (SSSR count). The van der Waals surface area contributed by atoms with Crippen molar-refractivity contribution in [3.05, 3.63) is 59.4 Å². The van der Waals surface area contributed by atoms with Gasteiger partial charge in [-0.05, 0) is 31.2 Å². The van der Waals surface area contributed by atoms with Gasteiger partial charge < -0.3 is 24.1 Å². The van der Waals surface area contributed by atoms with Crippen LogP contribution in [0.2, 0.25) is 0 Å². The minimum absolute atomic E-state index is 0.0106. The van der Waals surface area contributed by atoms with E-state index in [0.717, 1.165) is 5.56 Å². The Hall–Kier alpha value is -3.81. The molecule has 0 saturated heterocycles. The van der Waals surface area contributed by atoms with Crippen LogP contribution in [0.3, 0.4) is 0 Å². The molecule has 0 atom stereocenters. The molecule has 0 saturated carbocycles. The summed E-state index contributed by atoms with van der Waals surface area (Å²) < 4.78 is 21.8. The summed E-state index contributed by atoms with van der Waals surface area (Å²) in [6.45, 7) is 1.90. The van der Waals surface area contributed by atoms with Gasteiger partial charge in [-0.15, -0.1) is 0 Å². The molecule has 0 radical (unpaired) electrons. The first-order valence-corrected chi connectivity index (χ1v) is 8.83. The van der Waals surface area contributed by atoms with E-state index in [1.807, 2.05) is 18.2 Å². The summed E-state index contributed by atoms with van der Waals surface area (Å²) in [5.74, 6) is 0.968. The van der Waals surface area contributed by atoms with Gasteiger partial charge in [0.05, 0.1) is 12.8 Å². The van der Waals surface area contributed by atoms with Crippen molar-refractivity contribution in [2.45, 2.75) is 13.5 Å². The number of methoxy groups -OCH3 is 1. The van der Waals surface area contributed by atoms with Crippen LogP contribution in [-0.4, -0.2) is 34.9 Å². The molecule has 0 amide bonds. The molecule has 0 fully saturated rings. The van der Waals surface area contributed by atoms with Gasteiger partial charge in [-0.25, -0.2) is 9.78 Å². The van der Waals surface area contributed by atoms with Gasteiger partial charge in [-0.1, -0.05) is 18.2 Å². The average molecular weight is 394 g/mol. The molecule has 1 aliphatic heterocycles. The lowest BCUT2D eigenvalue weighted by molar-refractivity contribution is 0.0691. The highest BCUT2D eigenvalue weighted by Crippen LogP contribution is 2.37. The zero-order valence-electron chi connectivity index (χ0n) is 15.8. The molecule has 1 aromatic heterocycles. The Bertz CT molecular complexity index is 1080. The Morgan fingerprint density at radius 2 is 1.93 bits per heavy atom. The van der Waals surface area contributed by atoms with Gasteiger partial charge in [0.1, 0.15) is 23.7 Å². The minimum atomic E-state index is -1.19. The number of hydrogen-bond acceptors (Lipinski definition) is 7. The second-order valence-corrected chi connectivity index (χ2v) is 6.27. The van der Waals surface area contributed by atoms with Crippen LogP contribution in [0.1, 0.15) is 21.7 Å². The number of fused-ring (bicyclic) bond motifs is 1. The quantitative estimate of drug-likeness (QED) is 0.678. The van der Waals surface area contributed by atoms with Crippen molar-refractivity contribution in [2.75, 3.05) is 13.9 Å². The number of aromatic carboxylic acids is 1. The highest BCUT2D eigenvalue weighted by atomic mass is 16.7. The number of hydrogen-bond donors (Lipinski definition) is 1. The summed E-state index contributed by atoms with van der Waals surface area (Å²) in [7, 11) is 1.56. The van der Waals surface area contributed by atoms with E-state index in [1.54, 1.807) is 38.3 Å². The number of para-hydroxylation sites is 1. The molecule has 0 aliphatic carbocycles. The number of carboxylic acid groups (broad SMARTS) is 1. The summed E-state index contributed by atoms with van der Waals surface area (Å²) in [6.07, 6.45) is 0. The molecule has 0 bridgehead atoms. The summed E-state index contributed by atoms with van der Waals surface area (Å²) in [5.41, 5.74) is 1.47. The molecule has 8 nitrogen and oxygen atoms in total. The fourth-order valence-corrected chi connectivity index (χ4v) is 3.07. The average Bonchev–Trinajstić information content (AvgIpc) is 3.19. The van der Waals surface area contributed by atoms with Crippen molar-refractivity contribution in [1.82, 2.24) is 9.97 Å². The third-order valence-electron chi connectivity index (χ3n) is 4.40. The van der Waals surface area contributed by atoms with Gasteiger partial charge in [-0.2, -0.15) is 4.98 Å². The lowest BCUT2D eigenvalue weighted by atomic mass is 10.1. The summed E-state index contributed by atoms with van der Waals surface area (Å²) in [5, 5.41) is 9.85. The van der Waals surface area contributed by atoms with Gasteiger partial charge in [0.2, 0.25) is 12.7 Å². The van der Waals surface area contributed by atoms with E-state index in [0.29, 0.717) is 28.6 Å². The van der Waals surface area contributed by atoms with Crippen LogP contribution in [0.4, 0.5) is 0 Å². The van der Waals surface area contributed by atoms with Crippen LogP contribution in [0, 0.1) is 6.92 Å². The van der Waals surface area contributed by atoms with E-state index in [1.165, 1.54) is 0 Å². The van der Waals surface area contributed by atoms with Crippen molar-refractivity contribution in [3.63, 3.8) is 0 Å². The molecule has 148 valence electrons. The first-order valence-electron chi connectivity index (χ1n) is 8.83. The number of aromatic nitrogens is 2. The number of carbonyl (C=O) groups is 1. The molecule has 8 heteroatoms. The second kappa shape index (κ2) is 7.67. The van der Waals surface area contributed by atoms with Crippen molar-refractivity contribution < 1.29 is 28.8 Å². The van der Waals surface area contributed by atoms with E-state index >= 15 is 0 Å². The van der Waals surface area contributed by atoms with Crippen LogP contribution < -0.4 is 18.9 Å². The van der Waals surface area contributed by atoms with Crippen molar-refractivity contribution in [3.8, 4) is 34.4 Å². The highest BCUT2D eigenvalue weighted by molar-refractivity contribution is 5.97. The van der Waals surface area contributed by atoms with Crippen molar-refractivity contribution in [1.29, 1.82) is 0 Å². The third kappa shape index (κ3) is 3.64. The van der Waals surface area contributed by atoms with Crippen LogP contribution in [0.25, 0.3) is 11.3 Å². The van der Waals surface area contributed by atoms with Crippen LogP contribution in [0.5, 0.6) is 23.1 Å². The predicted octanol–water partition coefficient (Wildman–Crippen LogP) is 3.47. The third-order valence-corrected chi connectivity index (χ3v) is 4.40. The van der Waals surface area contributed by atoms with Gasteiger partial charge in [0, 0.05) is 11.1 Å². The number of benzene rings is 2. The molecule has 3 aromatic rings. The second-order valence-electron chi connectivity index (χ2n) is 6.27. The maximum atomic E-state index is 12.1. The fourth-order valence-electron chi connectivity index (χ4n) is 3.07. The van der Waals surface area contributed by atoms with Crippen LogP contribution >= 0.6 is 0 Å². The Labute approximate surface area is 166 Å². The summed E-state index contributed by atoms with van der Waals surface area (Å²) in [6, 6.07) is 12.5. The van der Waals surface area contributed by atoms with Crippen LogP contribution in [-0.2, 0) is 6.61 Å². The minimum Gasteiger partial charge on any atom is -0.496 e. The first kappa shape index (κ1) is 18.5. The molecule has 1 aliphatic rings. The number of nitrogens with zero attached hydrogens (tertiary/aromatic N) is 2. The zero-order valence-corrected chi connectivity index (χ0v) is 15.8. The van der Waals surface area contributed by atoms with E-state index in [2.05, 4.69) is 9.97 Å². The van der Waals surface area contributed by atoms with E-state index in [4.69, 9.17) is 18.9 Å². The van der Waals surface area contributed by atoms with E-state index in [9.17, 15) is 9.90 Å². The highest BCUT2D eigenvalue weighted by Gasteiger charge is 2.24. The van der Waals surface area contributed by atoms with Crippen molar-refractivity contribution >= 4 is 5.97 Å². The van der Waals surface area contributed by atoms with Gasteiger partial charge >= 0.3 is 5.97 Å². The Balaban J connectivity index is 1.74. The maximum Gasteiger partial charge on any atom is 0.343 e. The molecule has 1 N–H and O–H groups in total. The van der Waals surface area contributed by atoms with E-state index in [-0.39, 0.29) is 30.5 Å². The molecule has 29 heavy (non-hydrogen) atoms. The number of rotatable bonds is 6. The SMILES string of the molecule is COc1ccccc1COc1nc(C)nc(-c2ccc3c(c2)OCO3)c1C(=O)O. The molecule has 0 unspecified atom stereocenters. The standard InChI is InChI=1S/C21H18N2O6/c1-12-22-19(13-7-8-16-17(9-13)29-11-28-16)18(21(24)25)20(23-12)27-10-14-5-3-4-6-15(14)26-2/h3-9H,10-11H2,1-2H3,(H,24,25). The largest absolute Gasteiger partial charge is 0.496 e. The predicted molar refractivity (Wildman–Crippen MR) is 103 cm³/mol. The Kier molecular flexibility index (Phi) is 4.90. The molecular formula is C21H18N2O6. The monoisotopic (exact) mass is 394 g/mol. The van der Waals surface area contributed by atoms with Gasteiger partial charge in [0.15, 0.2) is 11.5 Å². The van der Waals surface area contributed by atoms with Crippen molar-refractivity contribution in [2.24, 2.45) is 0 Å². The number of ether oxygens (including phenoxy) is 4. The molecule has 0 spiro atoms. The normalized spacial score (nSPS) is 11.9. The fraction of sp³-hybridized carbons (Fsp3) is 0.190. The Morgan fingerprint density at radius 3 is 2.72 bits per heavy atom. The molecular weight excluding hydrogens is 376 g/mol. The maximum absolute atomic E-state index is 12.1. The topological polar surface area (TPSA) is 100 Å². The molecule has 2 heterocycles. The van der Waals surface area contributed by atoms with Gasteiger partial charge in [-0.3, -0.25) is 0 Å². The van der Waals surface area contributed by atoms with Crippen LogP contribution in [0.15, 0.2) is 42.5 Å². The zero-order chi connectivity index (χ0) is 20.4. The summed E-state index contributed by atoms with van der Waals surface area (Å²) >= 11 is 0. The number of carboxylic acids is 1. The summed E-state index contributed by atoms with van der Waals surface area (Å²) in [4.78, 5) is 20.6.